The van der Waals surface area contributed by atoms with E-state index in [0.29, 0.717) is 15.7 Å². The number of benzene rings is 2. The van der Waals surface area contributed by atoms with Crippen LogP contribution in [-0.2, 0) is 0 Å². The van der Waals surface area contributed by atoms with Gasteiger partial charge in [-0.15, -0.1) is 5.10 Å². The Kier molecular flexibility index (Phi) is 3.86. The molecular formula is C14H8ClN5S. The van der Waals surface area contributed by atoms with Crippen LogP contribution in [0.4, 0.5) is 0 Å². The topological polar surface area (TPSA) is 67.4 Å². The zero-order valence-corrected chi connectivity index (χ0v) is 12.2. The molecule has 0 amide bonds. The van der Waals surface area contributed by atoms with Gasteiger partial charge in [-0.1, -0.05) is 29.8 Å². The number of tetrazole rings is 1. The molecule has 0 bridgehead atoms. The van der Waals surface area contributed by atoms with Crippen LogP contribution in [0, 0.1) is 11.3 Å². The lowest BCUT2D eigenvalue weighted by molar-refractivity contribution is 0.756. The molecule has 0 fully saturated rings. The van der Waals surface area contributed by atoms with Crippen LogP contribution in [-0.4, -0.2) is 20.2 Å². The van der Waals surface area contributed by atoms with Crippen molar-refractivity contribution in [3.63, 3.8) is 0 Å². The fourth-order valence-corrected chi connectivity index (χ4v) is 2.85. The van der Waals surface area contributed by atoms with Crippen LogP contribution in [0.2, 0.25) is 5.02 Å². The molecule has 0 N–H and O–H groups in total. The first-order chi connectivity index (χ1) is 10.3. The molecule has 5 nitrogen and oxygen atoms in total. The molecule has 0 aliphatic rings. The third-order valence-corrected chi connectivity index (χ3v) is 3.95. The number of halogens is 1. The summed E-state index contributed by atoms with van der Waals surface area (Å²) in [6.07, 6.45) is 0. The lowest BCUT2D eigenvalue weighted by atomic mass is 10.2. The molecule has 0 atom stereocenters. The number of nitrogens with zero attached hydrogens (tertiary/aromatic N) is 5. The normalized spacial score (nSPS) is 10.3. The summed E-state index contributed by atoms with van der Waals surface area (Å²) in [6.45, 7) is 0. The van der Waals surface area contributed by atoms with E-state index in [0.717, 1.165) is 10.6 Å². The van der Waals surface area contributed by atoms with Crippen molar-refractivity contribution in [2.45, 2.75) is 10.1 Å². The summed E-state index contributed by atoms with van der Waals surface area (Å²) >= 11 is 7.41. The van der Waals surface area contributed by atoms with E-state index in [-0.39, 0.29) is 0 Å². The third-order valence-electron chi connectivity index (χ3n) is 2.71. The minimum absolute atomic E-state index is 0.418. The summed E-state index contributed by atoms with van der Waals surface area (Å²) in [4.78, 5) is 0.867. The first-order valence-corrected chi connectivity index (χ1v) is 7.18. The van der Waals surface area contributed by atoms with Gasteiger partial charge in [-0.05, 0) is 52.5 Å². The summed E-state index contributed by atoms with van der Waals surface area (Å²) in [7, 11) is 0. The van der Waals surface area contributed by atoms with E-state index in [1.165, 1.54) is 11.8 Å². The van der Waals surface area contributed by atoms with Gasteiger partial charge in [-0.25, -0.2) is 0 Å². The van der Waals surface area contributed by atoms with Crippen LogP contribution in [0.1, 0.15) is 5.56 Å². The van der Waals surface area contributed by atoms with Crippen molar-refractivity contribution in [3.8, 4) is 11.8 Å². The molecule has 0 saturated heterocycles. The maximum absolute atomic E-state index is 8.88. The van der Waals surface area contributed by atoms with Crippen molar-refractivity contribution in [1.82, 2.24) is 20.2 Å². The van der Waals surface area contributed by atoms with Crippen molar-refractivity contribution in [2.24, 2.45) is 0 Å². The maximum atomic E-state index is 8.88. The van der Waals surface area contributed by atoms with E-state index >= 15 is 0 Å². The Morgan fingerprint density at radius 2 is 1.95 bits per heavy atom. The molecule has 0 radical (unpaired) electrons. The van der Waals surface area contributed by atoms with E-state index in [1.807, 2.05) is 42.5 Å². The number of rotatable bonds is 3. The molecule has 2 aromatic carbocycles. The molecule has 7 heteroatoms. The molecule has 3 aromatic rings. The molecule has 0 aliphatic carbocycles. The average Bonchev–Trinajstić information content (AvgIpc) is 2.96. The van der Waals surface area contributed by atoms with Crippen LogP contribution in [0.15, 0.2) is 58.6 Å². The van der Waals surface area contributed by atoms with Crippen molar-refractivity contribution < 1.29 is 0 Å². The van der Waals surface area contributed by atoms with Crippen LogP contribution in [0.3, 0.4) is 0 Å². The van der Waals surface area contributed by atoms with Crippen LogP contribution >= 0.6 is 23.4 Å². The van der Waals surface area contributed by atoms with Crippen LogP contribution in [0.25, 0.3) is 5.69 Å². The van der Waals surface area contributed by atoms with Gasteiger partial charge in [-0.2, -0.15) is 9.94 Å². The summed E-state index contributed by atoms with van der Waals surface area (Å²) in [5, 5.41) is 21.6. The van der Waals surface area contributed by atoms with Gasteiger partial charge in [0.25, 0.3) is 0 Å². The standard InChI is InChI=1S/C14H8ClN5S/c15-13-8-12(7-6-10(13)9-16)21-14-17-18-19-20(14)11-4-2-1-3-5-11/h1-8H. The zero-order chi connectivity index (χ0) is 14.7. The molecule has 21 heavy (non-hydrogen) atoms. The molecule has 3 rings (SSSR count). The minimum atomic E-state index is 0.418. The third kappa shape index (κ3) is 2.89. The largest absolute Gasteiger partial charge is 0.218 e. The minimum Gasteiger partial charge on any atom is -0.192 e. The second kappa shape index (κ2) is 5.95. The van der Waals surface area contributed by atoms with Gasteiger partial charge in [0.1, 0.15) is 6.07 Å². The van der Waals surface area contributed by atoms with E-state index < -0.39 is 0 Å². The monoisotopic (exact) mass is 313 g/mol. The van der Waals surface area contributed by atoms with E-state index in [9.17, 15) is 0 Å². The van der Waals surface area contributed by atoms with Gasteiger partial charge < -0.3 is 0 Å². The van der Waals surface area contributed by atoms with Crippen LogP contribution < -0.4 is 0 Å². The highest BCUT2D eigenvalue weighted by Gasteiger charge is 2.11. The smallest absolute Gasteiger partial charge is 0.192 e. The molecular weight excluding hydrogens is 306 g/mol. The summed E-state index contributed by atoms with van der Waals surface area (Å²) < 4.78 is 1.65. The Morgan fingerprint density at radius 1 is 1.14 bits per heavy atom. The molecule has 102 valence electrons. The molecule has 1 heterocycles. The van der Waals surface area contributed by atoms with Crippen molar-refractivity contribution >= 4 is 23.4 Å². The molecule has 0 spiro atoms. The van der Waals surface area contributed by atoms with Crippen molar-refractivity contribution in [2.75, 3.05) is 0 Å². The predicted octanol–water partition coefficient (Wildman–Crippen LogP) is 3.34. The lowest BCUT2D eigenvalue weighted by Crippen LogP contribution is -1.98. The Hall–Kier alpha value is -2.36. The lowest BCUT2D eigenvalue weighted by Gasteiger charge is -2.04. The number of nitriles is 1. The SMILES string of the molecule is N#Cc1ccc(Sc2nnnn2-c2ccccc2)cc1Cl. The average molecular weight is 314 g/mol. The second-order valence-electron chi connectivity index (χ2n) is 4.06. The van der Waals surface area contributed by atoms with Gasteiger partial charge in [0.05, 0.1) is 16.3 Å². The van der Waals surface area contributed by atoms with Crippen molar-refractivity contribution in [1.29, 1.82) is 5.26 Å². The number of para-hydroxylation sites is 1. The van der Waals surface area contributed by atoms with Gasteiger partial charge in [-0.3, -0.25) is 0 Å². The fraction of sp³-hybridized carbons (Fsp3) is 0. The number of aromatic nitrogens is 4. The first kappa shape index (κ1) is 13.6. The number of hydrogen-bond acceptors (Lipinski definition) is 5. The van der Waals surface area contributed by atoms with Crippen molar-refractivity contribution in [3.05, 3.63) is 59.1 Å². The summed E-state index contributed by atoms with van der Waals surface area (Å²) in [6, 6.07) is 16.9. The van der Waals surface area contributed by atoms with E-state index in [1.54, 1.807) is 16.8 Å². The molecule has 0 aliphatic heterocycles. The predicted molar refractivity (Wildman–Crippen MR) is 79.4 cm³/mol. The van der Waals surface area contributed by atoms with Gasteiger partial charge in [0.15, 0.2) is 0 Å². The maximum Gasteiger partial charge on any atom is 0.218 e. The highest BCUT2D eigenvalue weighted by atomic mass is 35.5. The van der Waals surface area contributed by atoms with Gasteiger partial charge >= 0.3 is 0 Å². The quantitative estimate of drug-likeness (QED) is 0.742. The Labute approximate surface area is 130 Å². The summed E-state index contributed by atoms with van der Waals surface area (Å²) in [5.74, 6) is 0. The second-order valence-corrected chi connectivity index (χ2v) is 5.51. The molecule has 0 unspecified atom stereocenters. The highest BCUT2D eigenvalue weighted by Crippen LogP contribution is 2.30. The first-order valence-electron chi connectivity index (χ1n) is 5.99. The Bertz CT molecular complexity index is 810. The van der Waals surface area contributed by atoms with E-state index in [2.05, 4.69) is 15.5 Å². The molecule has 0 saturated carbocycles. The van der Waals surface area contributed by atoms with Gasteiger partial charge in [0.2, 0.25) is 5.16 Å². The Balaban J connectivity index is 1.92. The Morgan fingerprint density at radius 3 is 2.67 bits per heavy atom. The number of hydrogen-bond donors (Lipinski definition) is 0. The van der Waals surface area contributed by atoms with Gasteiger partial charge in [0, 0.05) is 4.90 Å². The zero-order valence-electron chi connectivity index (χ0n) is 10.6. The summed E-state index contributed by atoms with van der Waals surface area (Å²) in [5.41, 5.74) is 1.33. The van der Waals surface area contributed by atoms with E-state index in [4.69, 9.17) is 16.9 Å². The highest BCUT2D eigenvalue weighted by molar-refractivity contribution is 7.99. The molecule has 1 aromatic heterocycles. The van der Waals surface area contributed by atoms with Crippen LogP contribution in [0.5, 0.6) is 0 Å². The fourth-order valence-electron chi connectivity index (χ4n) is 1.73.